The van der Waals surface area contributed by atoms with Gasteiger partial charge in [0.15, 0.2) is 5.11 Å². The summed E-state index contributed by atoms with van der Waals surface area (Å²) in [5.74, 6) is 0.541. The Bertz CT molecular complexity index is 576. The molecule has 0 unspecified atom stereocenters. The molecule has 5 nitrogen and oxygen atoms in total. The lowest BCUT2D eigenvalue weighted by Crippen LogP contribution is -2.45. The molecule has 1 atom stereocenters. The van der Waals surface area contributed by atoms with E-state index in [1.54, 1.807) is 25.3 Å². The van der Waals surface area contributed by atoms with E-state index in [0.29, 0.717) is 10.7 Å². The van der Waals surface area contributed by atoms with E-state index in [0.717, 1.165) is 41.9 Å². The summed E-state index contributed by atoms with van der Waals surface area (Å²) in [5, 5.41) is 3.25. The van der Waals surface area contributed by atoms with Crippen LogP contribution in [0.15, 0.2) is 18.2 Å². The van der Waals surface area contributed by atoms with Crippen molar-refractivity contribution in [1.29, 1.82) is 0 Å². The fraction of sp³-hybridized carbons (Fsp3) is 0.500. The summed E-state index contributed by atoms with van der Waals surface area (Å²) in [7, 11) is 1.61. The number of thiocarbonyl (C=S) groups is 1. The minimum atomic E-state index is -0.207. The first kappa shape index (κ1) is 18.4. The average molecular weight is 448 g/mol. The number of benzene rings is 1. The largest absolute Gasteiger partial charge is 0.496 e. The van der Waals surface area contributed by atoms with Gasteiger partial charge in [-0.1, -0.05) is 0 Å². The molecule has 0 bridgehead atoms. The predicted molar refractivity (Wildman–Crippen MR) is 102 cm³/mol. The van der Waals surface area contributed by atoms with Crippen LogP contribution in [0.25, 0.3) is 0 Å². The van der Waals surface area contributed by atoms with Crippen LogP contribution in [0.3, 0.4) is 0 Å². The molecule has 0 aromatic heterocycles. The van der Waals surface area contributed by atoms with Crippen LogP contribution in [0, 0.1) is 3.57 Å². The van der Waals surface area contributed by atoms with Crippen LogP contribution in [0.4, 0.5) is 0 Å². The summed E-state index contributed by atoms with van der Waals surface area (Å²) in [5.41, 5.74) is 0.561. The van der Waals surface area contributed by atoms with E-state index in [1.165, 1.54) is 0 Å². The van der Waals surface area contributed by atoms with Gasteiger partial charge in [0.2, 0.25) is 0 Å². The second kappa shape index (κ2) is 8.79. The summed E-state index contributed by atoms with van der Waals surface area (Å²) in [6.07, 6.45) is 2.33. The number of carbonyl (C=O) groups excluding carboxylic acids is 1. The number of nitrogens with one attached hydrogen (secondary N) is 1. The smallest absolute Gasteiger partial charge is 0.257 e. The van der Waals surface area contributed by atoms with E-state index in [-0.39, 0.29) is 12.0 Å². The molecule has 1 aliphatic heterocycles. The molecule has 7 heteroatoms. The van der Waals surface area contributed by atoms with Crippen molar-refractivity contribution in [1.82, 2.24) is 10.2 Å². The minimum Gasteiger partial charge on any atom is -0.496 e. The Morgan fingerprint density at radius 1 is 1.57 bits per heavy atom. The van der Waals surface area contributed by atoms with Crippen molar-refractivity contribution >= 4 is 45.8 Å². The molecule has 1 heterocycles. The molecule has 0 spiro atoms. The monoisotopic (exact) mass is 448 g/mol. The van der Waals surface area contributed by atoms with Crippen LogP contribution >= 0.6 is 34.8 Å². The number of ether oxygens (including phenoxy) is 2. The average Bonchev–Trinajstić information content (AvgIpc) is 3.05. The lowest BCUT2D eigenvalue weighted by atomic mass is 10.2. The summed E-state index contributed by atoms with van der Waals surface area (Å²) in [6.45, 7) is 4.28. The zero-order chi connectivity index (χ0) is 16.8. The summed E-state index contributed by atoms with van der Waals surface area (Å²) in [4.78, 5) is 14.3. The molecule has 126 valence electrons. The maximum Gasteiger partial charge on any atom is 0.257 e. The molecule has 1 amide bonds. The Kier molecular flexibility index (Phi) is 7.04. The molecule has 23 heavy (non-hydrogen) atoms. The second-order valence-corrected chi connectivity index (χ2v) is 6.83. The molecule has 1 aromatic rings. The lowest BCUT2D eigenvalue weighted by Gasteiger charge is -2.26. The highest BCUT2D eigenvalue weighted by Crippen LogP contribution is 2.21. The fourth-order valence-corrected chi connectivity index (χ4v) is 3.48. The summed E-state index contributed by atoms with van der Waals surface area (Å²) in [6, 6.07) is 5.30. The second-order valence-electron chi connectivity index (χ2n) is 5.28. The quantitative estimate of drug-likeness (QED) is 0.555. The topological polar surface area (TPSA) is 50.8 Å². The van der Waals surface area contributed by atoms with Crippen molar-refractivity contribution in [3.63, 3.8) is 0 Å². The Morgan fingerprint density at radius 3 is 2.91 bits per heavy atom. The molecule has 0 saturated carbocycles. The van der Waals surface area contributed by atoms with Gasteiger partial charge >= 0.3 is 0 Å². The van der Waals surface area contributed by atoms with E-state index in [1.807, 2.05) is 11.8 Å². The molecular formula is C16H21IN2O3S. The Hall–Kier alpha value is -0.930. The van der Waals surface area contributed by atoms with E-state index in [4.69, 9.17) is 21.7 Å². The van der Waals surface area contributed by atoms with E-state index >= 15 is 0 Å². The Labute approximate surface area is 155 Å². The van der Waals surface area contributed by atoms with Crippen molar-refractivity contribution in [2.24, 2.45) is 0 Å². The summed E-state index contributed by atoms with van der Waals surface area (Å²) < 4.78 is 11.7. The Morgan fingerprint density at radius 2 is 2.35 bits per heavy atom. The number of rotatable bonds is 5. The standard InChI is InChI=1S/C16H21IN2O3S/c1-3-19(10-12-5-4-8-22-12)16(23)18-15(20)11-6-7-14(21-2)13(17)9-11/h6-7,9,12H,3-5,8,10H2,1-2H3,(H,18,20,23)/t12-/m0/s1. The summed E-state index contributed by atoms with van der Waals surface area (Å²) >= 11 is 7.52. The number of methoxy groups -OCH3 is 1. The number of hydrogen-bond acceptors (Lipinski definition) is 4. The fourth-order valence-electron chi connectivity index (χ4n) is 2.45. The van der Waals surface area contributed by atoms with Crippen molar-refractivity contribution in [2.75, 3.05) is 26.8 Å². The zero-order valence-electron chi connectivity index (χ0n) is 13.3. The van der Waals surface area contributed by atoms with Crippen molar-refractivity contribution in [2.45, 2.75) is 25.9 Å². The van der Waals surface area contributed by atoms with Gasteiger partial charge in [-0.3, -0.25) is 10.1 Å². The van der Waals surface area contributed by atoms with Crippen LogP contribution in [0.5, 0.6) is 5.75 Å². The van der Waals surface area contributed by atoms with Gasteiger partial charge in [-0.25, -0.2) is 0 Å². The van der Waals surface area contributed by atoms with E-state index in [2.05, 4.69) is 27.9 Å². The van der Waals surface area contributed by atoms with Crippen LogP contribution in [0.1, 0.15) is 30.1 Å². The van der Waals surface area contributed by atoms with Gasteiger partial charge in [-0.15, -0.1) is 0 Å². The normalized spacial score (nSPS) is 16.9. The van der Waals surface area contributed by atoms with Crippen LogP contribution in [-0.4, -0.2) is 48.8 Å². The van der Waals surface area contributed by atoms with Gasteiger partial charge in [0.25, 0.3) is 5.91 Å². The predicted octanol–water partition coefficient (Wildman–Crippen LogP) is 2.82. The third-order valence-corrected chi connectivity index (χ3v) is 4.95. The van der Waals surface area contributed by atoms with Crippen molar-refractivity contribution in [3.05, 3.63) is 27.3 Å². The molecule has 1 aromatic carbocycles. The van der Waals surface area contributed by atoms with E-state index in [9.17, 15) is 4.79 Å². The third-order valence-electron chi connectivity index (χ3n) is 3.75. The van der Waals surface area contributed by atoms with Crippen LogP contribution in [0.2, 0.25) is 0 Å². The number of halogens is 1. The highest BCUT2D eigenvalue weighted by Gasteiger charge is 2.21. The zero-order valence-corrected chi connectivity index (χ0v) is 16.3. The number of hydrogen-bond donors (Lipinski definition) is 1. The lowest BCUT2D eigenvalue weighted by molar-refractivity contribution is 0.0895. The van der Waals surface area contributed by atoms with Gasteiger partial charge in [0, 0.05) is 25.3 Å². The molecule has 2 rings (SSSR count). The highest BCUT2D eigenvalue weighted by molar-refractivity contribution is 14.1. The molecule has 0 radical (unpaired) electrons. The maximum atomic E-state index is 12.4. The van der Waals surface area contributed by atoms with Gasteiger partial charge in [0.05, 0.1) is 16.8 Å². The minimum absolute atomic E-state index is 0.201. The molecule has 1 fully saturated rings. The van der Waals surface area contributed by atoms with Crippen LogP contribution in [-0.2, 0) is 4.74 Å². The number of amides is 1. The van der Waals surface area contributed by atoms with Gasteiger partial charge in [-0.05, 0) is 72.8 Å². The highest BCUT2D eigenvalue weighted by atomic mass is 127. The SMILES string of the molecule is CCN(C[C@@H]1CCCO1)C(=S)NC(=O)c1ccc(OC)c(I)c1. The molecular weight excluding hydrogens is 427 g/mol. The third kappa shape index (κ3) is 5.02. The first-order valence-corrected chi connectivity index (χ1v) is 9.09. The maximum absolute atomic E-state index is 12.4. The Balaban J connectivity index is 1.97. The van der Waals surface area contributed by atoms with Crippen molar-refractivity contribution < 1.29 is 14.3 Å². The number of carbonyl (C=O) groups is 1. The van der Waals surface area contributed by atoms with Gasteiger partial charge in [-0.2, -0.15) is 0 Å². The van der Waals surface area contributed by atoms with Gasteiger partial charge < -0.3 is 14.4 Å². The molecule has 0 aliphatic carbocycles. The van der Waals surface area contributed by atoms with Crippen molar-refractivity contribution in [3.8, 4) is 5.75 Å². The first-order valence-electron chi connectivity index (χ1n) is 7.60. The first-order chi connectivity index (χ1) is 11.0. The molecule has 1 aliphatic rings. The van der Waals surface area contributed by atoms with Crippen LogP contribution < -0.4 is 10.1 Å². The number of nitrogens with zero attached hydrogens (tertiary/aromatic N) is 1. The van der Waals surface area contributed by atoms with Gasteiger partial charge in [0.1, 0.15) is 5.75 Å². The van der Waals surface area contributed by atoms with E-state index < -0.39 is 0 Å². The molecule has 1 N–H and O–H groups in total. The molecule has 1 saturated heterocycles. The number of likely N-dealkylation sites (N-methyl/N-ethyl adjacent to an activating group) is 1.